The molecule has 49 heavy (non-hydrogen) atoms. The lowest BCUT2D eigenvalue weighted by Crippen LogP contribution is -2.53. The van der Waals surface area contributed by atoms with Crippen LogP contribution in [0, 0.1) is 17.8 Å². The van der Waals surface area contributed by atoms with E-state index in [2.05, 4.69) is 39.4 Å². The molecule has 6 aliphatic rings. The maximum atomic E-state index is 14.0. The average Bonchev–Trinajstić information content (AvgIpc) is 3.72. The molecule has 10 heteroatoms. The molecule has 264 valence electrons. The number of ether oxygens (including phenoxy) is 1. The zero-order valence-electron chi connectivity index (χ0n) is 29.1. The molecule has 1 saturated heterocycles. The van der Waals surface area contributed by atoms with E-state index in [0.717, 1.165) is 106 Å². The molecule has 2 spiro atoms. The summed E-state index contributed by atoms with van der Waals surface area (Å²) in [7, 11) is -2.91. The monoisotopic (exact) mass is 706 g/mol. The summed E-state index contributed by atoms with van der Waals surface area (Å²) in [5.74, 6) is 6.55. The number of halogens is 1. The molecule has 0 radical (unpaired) electrons. The van der Waals surface area contributed by atoms with E-state index in [0.29, 0.717) is 24.0 Å². The third-order valence-electron chi connectivity index (χ3n) is 13.0. The highest BCUT2D eigenvalue weighted by Gasteiger charge is 2.54. The van der Waals surface area contributed by atoms with Gasteiger partial charge in [0.2, 0.25) is 0 Å². The van der Waals surface area contributed by atoms with E-state index >= 15 is 0 Å². The van der Waals surface area contributed by atoms with Crippen molar-refractivity contribution in [1.29, 1.82) is 0 Å². The first kappa shape index (κ1) is 33.2. The Balaban J connectivity index is 1.19. The molecule has 8 nitrogen and oxygen atoms in total. The zero-order valence-corrected chi connectivity index (χ0v) is 30.6. The number of oxime groups is 1. The van der Waals surface area contributed by atoms with Crippen molar-refractivity contribution in [3.63, 3.8) is 0 Å². The smallest absolute Gasteiger partial charge is 0.262 e. The number of nitrogens with one attached hydrogen (secondary N) is 1. The summed E-state index contributed by atoms with van der Waals surface area (Å²) in [5, 5.41) is 5.30. The number of hydrogen-bond donors (Lipinski definition) is 1. The van der Waals surface area contributed by atoms with Gasteiger partial charge in [0.25, 0.3) is 5.91 Å². The summed E-state index contributed by atoms with van der Waals surface area (Å²) >= 11 is 6.50. The van der Waals surface area contributed by atoms with Gasteiger partial charge in [-0.1, -0.05) is 29.7 Å². The van der Waals surface area contributed by atoms with Crippen LogP contribution in [-0.2, 0) is 26.4 Å². The molecule has 0 aromatic heterocycles. The molecule has 1 unspecified atom stereocenters. The van der Waals surface area contributed by atoms with E-state index in [4.69, 9.17) is 26.3 Å². The summed E-state index contributed by atoms with van der Waals surface area (Å²) < 4.78 is 23.6. The Labute approximate surface area is 297 Å². The third-order valence-corrected chi connectivity index (χ3v) is 15.5. The lowest BCUT2D eigenvalue weighted by molar-refractivity contribution is -0.118. The van der Waals surface area contributed by atoms with Gasteiger partial charge >= 0.3 is 0 Å². The first-order valence-corrected chi connectivity index (χ1v) is 20.7. The van der Waals surface area contributed by atoms with E-state index in [1.54, 1.807) is 6.07 Å². The lowest BCUT2D eigenvalue weighted by atomic mass is 9.62. The van der Waals surface area contributed by atoms with Gasteiger partial charge in [0, 0.05) is 53.3 Å². The fourth-order valence-electron chi connectivity index (χ4n) is 9.80. The van der Waals surface area contributed by atoms with Gasteiger partial charge in [0.15, 0.2) is 0 Å². The second-order valence-corrected chi connectivity index (χ2v) is 18.8. The molecule has 2 bridgehead atoms. The molecular formula is C39H51ClN4O4S. The normalized spacial score (nSPS) is 36.1. The summed E-state index contributed by atoms with van der Waals surface area (Å²) in [6.45, 7) is 8.41. The van der Waals surface area contributed by atoms with Crippen LogP contribution in [0.5, 0.6) is 5.75 Å². The van der Waals surface area contributed by atoms with Crippen LogP contribution in [0.25, 0.3) is 0 Å². The molecule has 2 fully saturated rings. The van der Waals surface area contributed by atoms with Crippen molar-refractivity contribution in [2.75, 3.05) is 37.7 Å². The topological polar surface area (TPSA) is 83.5 Å². The van der Waals surface area contributed by atoms with Crippen LogP contribution in [0.1, 0.15) is 99.5 Å². The van der Waals surface area contributed by atoms with Gasteiger partial charge in [-0.2, -0.15) is 0 Å². The highest BCUT2D eigenvalue weighted by atomic mass is 35.5. The highest BCUT2D eigenvalue weighted by Crippen LogP contribution is 2.52. The van der Waals surface area contributed by atoms with Gasteiger partial charge in [-0.15, -0.1) is 0 Å². The van der Waals surface area contributed by atoms with Crippen molar-refractivity contribution in [3.8, 4) is 5.75 Å². The van der Waals surface area contributed by atoms with E-state index in [1.807, 2.05) is 25.1 Å². The van der Waals surface area contributed by atoms with Crippen LogP contribution in [0.3, 0.4) is 0 Å². The number of amides is 1. The zero-order chi connectivity index (χ0) is 34.0. The van der Waals surface area contributed by atoms with Crippen LogP contribution in [0.15, 0.2) is 41.6 Å². The van der Waals surface area contributed by atoms with E-state index in [1.165, 1.54) is 24.0 Å². The fraction of sp³-hybridized carbons (Fsp3) is 0.615. The molecule has 2 aromatic carbocycles. The maximum Gasteiger partial charge on any atom is 0.262 e. The molecule has 1 amide bonds. The van der Waals surface area contributed by atoms with Gasteiger partial charge in [-0.25, -0.2) is 4.21 Å². The molecule has 2 aromatic rings. The maximum absolute atomic E-state index is 14.0. The van der Waals surface area contributed by atoms with Gasteiger partial charge in [-0.05, 0) is 130 Å². The third kappa shape index (κ3) is 6.00. The largest absolute Gasteiger partial charge is 0.490 e. The van der Waals surface area contributed by atoms with Crippen molar-refractivity contribution in [1.82, 2.24) is 9.62 Å². The number of benzene rings is 2. The number of hydrogen-bond acceptors (Lipinski definition) is 7. The Morgan fingerprint density at radius 1 is 1.02 bits per heavy atom. The SMILES string of the molecule is C=S1(=O)NC(=O)c2ccc3c(c2)N(C[C@@H]2CC[C@H]2[C@@]2(CCC[C@H](C)[C@H]1C)CC(N1CCCC1)=NO2)C[C@@]1(CCCc2cc(Cl)ccc21)CO3. The predicted molar refractivity (Wildman–Crippen MR) is 198 cm³/mol. The number of carbonyl (C=O) groups is 1. The van der Waals surface area contributed by atoms with Crippen molar-refractivity contribution in [2.45, 2.75) is 101 Å². The minimum atomic E-state index is -2.91. The second-order valence-electron chi connectivity index (χ2n) is 16.0. The van der Waals surface area contributed by atoms with Crippen LogP contribution >= 0.6 is 11.6 Å². The van der Waals surface area contributed by atoms with Crippen LogP contribution in [-0.4, -0.2) is 70.4 Å². The number of nitrogens with zero attached hydrogens (tertiary/aromatic N) is 3. The number of amidine groups is 1. The molecule has 4 heterocycles. The highest BCUT2D eigenvalue weighted by molar-refractivity contribution is 7.99. The average molecular weight is 707 g/mol. The number of aryl methyl sites for hydroxylation is 1. The van der Waals surface area contributed by atoms with Gasteiger partial charge < -0.3 is 19.4 Å². The predicted octanol–water partition coefficient (Wildman–Crippen LogP) is 6.98. The minimum Gasteiger partial charge on any atom is -0.490 e. The standard InChI is InChI=1S/C39H51ClN4O4S/c1-26-8-6-17-39(22-36(41-48-39)43-18-4-5-19-43)33-13-10-30(33)23-44-24-38(16-7-9-28-20-31(40)12-14-32(28)38)25-47-35-15-11-29(21-34(35)44)37(45)42-49(3,46)27(26)2/h11-12,14-15,20-21,26-27,30,33H,3-10,13,16-19,22-25H2,1-2H3,(H,42,45,46)/t26-,27+,30-,33+,38-,39+,49?/m0/s1. The van der Waals surface area contributed by atoms with Gasteiger partial charge in [0.05, 0.1) is 28.4 Å². The van der Waals surface area contributed by atoms with Crippen molar-refractivity contribution < 1.29 is 18.6 Å². The lowest BCUT2D eigenvalue weighted by Gasteiger charge is -2.49. The Hall–Kier alpha value is -2.91. The molecule has 1 N–H and O–H groups in total. The van der Waals surface area contributed by atoms with Crippen molar-refractivity contribution in [2.24, 2.45) is 22.9 Å². The Morgan fingerprint density at radius 3 is 2.65 bits per heavy atom. The number of rotatable bonds is 0. The first-order chi connectivity index (χ1) is 23.6. The number of carbonyl (C=O) groups excluding carboxylic acids is 1. The summed E-state index contributed by atoms with van der Waals surface area (Å²) in [4.78, 5) is 25.4. The Bertz CT molecular complexity index is 1760. The second kappa shape index (κ2) is 12.7. The Kier molecular flexibility index (Phi) is 8.61. The summed E-state index contributed by atoms with van der Waals surface area (Å²) in [6, 6.07) is 12.0. The quantitative estimate of drug-likeness (QED) is 0.298. The molecular weight excluding hydrogens is 656 g/mol. The summed E-state index contributed by atoms with van der Waals surface area (Å²) in [5.41, 5.74) is 3.50. The van der Waals surface area contributed by atoms with E-state index < -0.39 is 9.71 Å². The number of anilines is 1. The van der Waals surface area contributed by atoms with E-state index in [9.17, 15) is 9.00 Å². The molecule has 2 aliphatic carbocycles. The van der Waals surface area contributed by atoms with Crippen molar-refractivity contribution >= 4 is 44.6 Å². The van der Waals surface area contributed by atoms with Gasteiger partial charge in [0.1, 0.15) is 17.2 Å². The van der Waals surface area contributed by atoms with Crippen LogP contribution in [0.4, 0.5) is 5.69 Å². The summed E-state index contributed by atoms with van der Waals surface area (Å²) in [6.07, 6.45) is 11.4. The number of fused-ring (bicyclic) bond motifs is 5. The van der Waals surface area contributed by atoms with Crippen LogP contribution < -0.4 is 14.4 Å². The van der Waals surface area contributed by atoms with Gasteiger partial charge in [-0.3, -0.25) is 9.52 Å². The van der Waals surface area contributed by atoms with Crippen LogP contribution in [0.2, 0.25) is 5.02 Å². The number of likely N-dealkylation sites (tertiary alicyclic amines) is 1. The Morgan fingerprint density at radius 2 is 1.86 bits per heavy atom. The molecule has 8 rings (SSSR count). The fourth-order valence-corrected chi connectivity index (χ4v) is 11.5. The molecule has 1 saturated carbocycles. The minimum absolute atomic E-state index is 0.119. The van der Waals surface area contributed by atoms with E-state index in [-0.39, 0.29) is 28.1 Å². The molecule has 7 atom stereocenters. The first-order valence-electron chi connectivity index (χ1n) is 18.5. The molecule has 4 aliphatic heterocycles. The van der Waals surface area contributed by atoms with Crippen molar-refractivity contribution in [3.05, 3.63) is 58.1 Å².